The van der Waals surface area contributed by atoms with Gasteiger partial charge in [-0.25, -0.2) is 0 Å². The molecule has 0 bridgehead atoms. The minimum Gasteiger partial charge on any atom is -0.328 e. The van der Waals surface area contributed by atoms with E-state index in [4.69, 9.17) is 5.73 Å². The van der Waals surface area contributed by atoms with Gasteiger partial charge in [0.2, 0.25) is 0 Å². The van der Waals surface area contributed by atoms with E-state index in [1.807, 2.05) is 17.9 Å². The van der Waals surface area contributed by atoms with Crippen LogP contribution in [0.25, 0.3) is 0 Å². The first-order chi connectivity index (χ1) is 7.66. The smallest absolute Gasteiger partial charge is 0.0521 e. The van der Waals surface area contributed by atoms with Crippen LogP contribution < -0.4 is 5.73 Å². The third-order valence-electron chi connectivity index (χ3n) is 3.70. The normalized spacial score (nSPS) is 26.2. The molecule has 1 heterocycles. The first-order valence-corrected chi connectivity index (χ1v) is 6.09. The van der Waals surface area contributed by atoms with Gasteiger partial charge in [-0.3, -0.25) is 9.58 Å². The summed E-state index contributed by atoms with van der Waals surface area (Å²) in [5.74, 6) is 0. The largest absolute Gasteiger partial charge is 0.328 e. The molecule has 0 atom stereocenters. The third-order valence-corrected chi connectivity index (χ3v) is 3.70. The number of nitrogens with two attached hydrogens (primary N) is 1. The van der Waals surface area contributed by atoms with E-state index in [9.17, 15) is 0 Å². The van der Waals surface area contributed by atoms with E-state index < -0.39 is 0 Å². The molecule has 4 nitrogen and oxygen atoms in total. The molecule has 2 rings (SSSR count). The van der Waals surface area contributed by atoms with E-state index in [2.05, 4.69) is 23.1 Å². The number of aromatic nitrogens is 2. The van der Waals surface area contributed by atoms with Gasteiger partial charge in [-0.05, 0) is 38.8 Å². The van der Waals surface area contributed by atoms with Gasteiger partial charge in [0.15, 0.2) is 0 Å². The van der Waals surface area contributed by atoms with Gasteiger partial charge < -0.3 is 5.73 Å². The van der Waals surface area contributed by atoms with E-state index in [1.54, 1.807) is 0 Å². The molecule has 1 fully saturated rings. The highest BCUT2D eigenvalue weighted by molar-refractivity contribution is 5.00. The fraction of sp³-hybridized carbons (Fsp3) is 0.750. The highest BCUT2D eigenvalue weighted by Gasteiger charge is 2.22. The Morgan fingerprint density at radius 2 is 2.12 bits per heavy atom. The van der Waals surface area contributed by atoms with E-state index in [-0.39, 0.29) is 0 Å². The first-order valence-electron chi connectivity index (χ1n) is 6.09. The van der Waals surface area contributed by atoms with Gasteiger partial charge in [0.05, 0.1) is 5.69 Å². The van der Waals surface area contributed by atoms with E-state index in [0.29, 0.717) is 12.1 Å². The predicted molar refractivity (Wildman–Crippen MR) is 64.9 cm³/mol. The molecule has 16 heavy (non-hydrogen) atoms. The Kier molecular flexibility index (Phi) is 3.61. The summed E-state index contributed by atoms with van der Waals surface area (Å²) in [4.78, 5) is 2.43. The first kappa shape index (κ1) is 11.6. The second kappa shape index (κ2) is 4.97. The summed E-state index contributed by atoms with van der Waals surface area (Å²) in [7, 11) is 4.20. The molecule has 1 aromatic heterocycles. The lowest BCUT2D eigenvalue weighted by atomic mass is 9.91. The average molecular weight is 222 g/mol. The minimum absolute atomic E-state index is 0.432. The summed E-state index contributed by atoms with van der Waals surface area (Å²) in [5, 5.41) is 4.20. The van der Waals surface area contributed by atoms with Crippen LogP contribution in [0.2, 0.25) is 0 Å². The van der Waals surface area contributed by atoms with Crippen molar-refractivity contribution in [1.82, 2.24) is 14.7 Å². The van der Waals surface area contributed by atoms with Gasteiger partial charge in [0.25, 0.3) is 0 Å². The van der Waals surface area contributed by atoms with Crippen molar-refractivity contribution < 1.29 is 0 Å². The van der Waals surface area contributed by atoms with E-state index >= 15 is 0 Å². The zero-order valence-corrected chi connectivity index (χ0v) is 10.3. The van der Waals surface area contributed by atoms with Gasteiger partial charge in [-0.2, -0.15) is 5.10 Å². The molecule has 2 N–H and O–H groups in total. The Bertz CT molecular complexity index is 326. The molecule has 0 unspecified atom stereocenters. The molecule has 0 radical (unpaired) electrons. The number of aryl methyl sites for hydroxylation is 1. The summed E-state index contributed by atoms with van der Waals surface area (Å²) in [6.45, 7) is 0.983. The molecule has 1 saturated carbocycles. The molecular formula is C12H22N4. The summed E-state index contributed by atoms with van der Waals surface area (Å²) in [6.07, 6.45) is 6.66. The van der Waals surface area contributed by atoms with Crippen LogP contribution in [0.3, 0.4) is 0 Å². The van der Waals surface area contributed by atoms with Gasteiger partial charge in [-0.15, -0.1) is 0 Å². The lowest BCUT2D eigenvalue weighted by Crippen LogP contribution is -2.38. The van der Waals surface area contributed by atoms with Crippen molar-refractivity contribution in [3.63, 3.8) is 0 Å². The van der Waals surface area contributed by atoms with Crippen LogP contribution in [-0.2, 0) is 13.6 Å². The lowest BCUT2D eigenvalue weighted by Gasteiger charge is -2.33. The molecule has 90 valence electrons. The number of hydrogen-bond acceptors (Lipinski definition) is 3. The van der Waals surface area contributed by atoms with Crippen molar-refractivity contribution in [2.45, 2.75) is 44.3 Å². The quantitative estimate of drug-likeness (QED) is 0.833. The van der Waals surface area contributed by atoms with Crippen molar-refractivity contribution in [3.05, 3.63) is 18.0 Å². The fourth-order valence-electron chi connectivity index (χ4n) is 2.48. The van der Waals surface area contributed by atoms with Crippen LogP contribution in [-0.4, -0.2) is 33.8 Å². The number of nitrogens with zero attached hydrogens (tertiary/aromatic N) is 3. The Balaban J connectivity index is 1.88. The van der Waals surface area contributed by atoms with Gasteiger partial charge in [0.1, 0.15) is 0 Å². The predicted octanol–water partition coefficient (Wildman–Crippen LogP) is 1.12. The SMILES string of the molecule is CN(Cc1ccnn1C)C1CCC(N)CC1. The molecule has 1 aliphatic carbocycles. The summed E-state index contributed by atoms with van der Waals surface area (Å²) in [5.41, 5.74) is 7.20. The van der Waals surface area contributed by atoms with Crippen molar-refractivity contribution in [2.75, 3.05) is 7.05 Å². The Morgan fingerprint density at radius 1 is 1.44 bits per heavy atom. The molecule has 0 aliphatic heterocycles. The van der Waals surface area contributed by atoms with Crippen molar-refractivity contribution in [3.8, 4) is 0 Å². The fourth-order valence-corrected chi connectivity index (χ4v) is 2.48. The van der Waals surface area contributed by atoms with Crippen LogP contribution in [0.4, 0.5) is 0 Å². The molecule has 0 spiro atoms. The topological polar surface area (TPSA) is 47.1 Å². The molecule has 0 saturated heterocycles. The minimum atomic E-state index is 0.432. The van der Waals surface area contributed by atoms with Crippen molar-refractivity contribution in [2.24, 2.45) is 12.8 Å². The molecule has 0 aromatic carbocycles. The standard InChI is InChI=1S/C12H22N4/c1-15(9-12-7-8-14-16(12)2)11-5-3-10(13)4-6-11/h7-8,10-11H,3-6,9,13H2,1-2H3. The van der Waals surface area contributed by atoms with E-state index in [1.165, 1.54) is 31.4 Å². The van der Waals surface area contributed by atoms with Crippen LogP contribution in [0.1, 0.15) is 31.4 Å². The molecule has 1 aromatic rings. The zero-order valence-electron chi connectivity index (χ0n) is 10.3. The highest BCUT2D eigenvalue weighted by Crippen LogP contribution is 2.22. The van der Waals surface area contributed by atoms with Crippen molar-refractivity contribution in [1.29, 1.82) is 0 Å². The van der Waals surface area contributed by atoms with Gasteiger partial charge in [0, 0.05) is 31.9 Å². The number of rotatable bonds is 3. The summed E-state index contributed by atoms with van der Waals surface area (Å²) < 4.78 is 1.95. The van der Waals surface area contributed by atoms with Crippen LogP contribution in [0, 0.1) is 0 Å². The van der Waals surface area contributed by atoms with Gasteiger partial charge >= 0.3 is 0 Å². The summed E-state index contributed by atoms with van der Waals surface area (Å²) >= 11 is 0. The monoisotopic (exact) mass is 222 g/mol. The molecule has 0 amide bonds. The zero-order chi connectivity index (χ0) is 11.5. The van der Waals surface area contributed by atoms with Crippen LogP contribution in [0.5, 0.6) is 0 Å². The Hall–Kier alpha value is -0.870. The molecule has 4 heteroatoms. The third kappa shape index (κ3) is 2.62. The van der Waals surface area contributed by atoms with Crippen molar-refractivity contribution >= 4 is 0 Å². The second-order valence-electron chi connectivity index (χ2n) is 4.93. The average Bonchev–Trinajstić information content (AvgIpc) is 2.65. The number of hydrogen-bond donors (Lipinski definition) is 1. The highest BCUT2D eigenvalue weighted by atomic mass is 15.3. The maximum Gasteiger partial charge on any atom is 0.0521 e. The Morgan fingerprint density at radius 3 is 2.69 bits per heavy atom. The second-order valence-corrected chi connectivity index (χ2v) is 4.93. The van der Waals surface area contributed by atoms with Gasteiger partial charge in [-0.1, -0.05) is 0 Å². The maximum atomic E-state index is 5.92. The van der Waals surface area contributed by atoms with E-state index in [0.717, 1.165) is 6.54 Å². The molecule has 1 aliphatic rings. The maximum absolute atomic E-state index is 5.92. The van der Waals surface area contributed by atoms with Crippen LogP contribution >= 0.6 is 0 Å². The molecular weight excluding hydrogens is 200 g/mol. The van der Waals surface area contributed by atoms with Crippen LogP contribution in [0.15, 0.2) is 12.3 Å². The lowest BCUT2D eigenvalue weighted by molar-refractivity contribution is 0.173. The Labute approximate surface area is 97.4 Å². The summed E-state index contributed by atoms with van der Waals surface area (Å²) in [6, 6.07) is 3.21.